The maximum atomic E-state index is 14.7. The van der Waals surface area contributed by atoms with Gasteiger partial charge in [0.15, 0.2) is 11.6 Å². The summed E-state index contributed by atoms with van der Waals surface area (Å²) in [7, 11) is 1.88. The summed E-state index contributed by atoms with van der Waals surface area (Å²) in [5, 5.41) is 12.4. The Balaban J connectivity index is 1.83. The number of carbonyl (C=O) groups is 1. The highest BCUT2D eigenvalue weighted by molar-refractivity contribution is 5.90. The van der Waals surface area contributed by atoms with Gasteiger partial charge in [-0.3, -0.25) is 0 Å². The van der Waals surface area contributed by atoms with Crippen LogP contribution in [0.2, 0.25) is 0 Å². The van der Waals surface area contributed by atoms with Gasteiger partial charge in [0.1, 0.15) is 18.6 Å². The van der Waals surface area contributed by atoms with Gasteiger partial charge in [0.25, 0.3) is 0 Å². The number of rotatable bonds is 7. The zero-order chi connectivity index (χ0) is 21.2. The molecular weight excluding hydrogens is 375 g/mol. The minimum absolute atomic E-state index is 0.0180. The first-order valence-corrected chi connectivity index (χ1v) is 9.38. The monoisotopic (exact) mass is 400 g/mol. The lowest BCUT2D eigenvalue weighted by molar-refractivity contribution is 0.141. The predicted molar refractivity (Wildman–Crippen MR) is 108 cm³/mol. The molecule has 0 aliphatic rings. The molecule has 0 aliphatic carbocycles. The van der Waals surface area contributed by atoms with Gasteiger partial charge < -0.3 is 19.7 Å². The lowest BCUT2D eigenvalue weighted by Crippen LogP contribution is -2.50. The molecule has 2 N–H and O–H groups in total. The molecule has 0 saturated heterocycles. The smallest absolute Gasteiger partial charge is 0.405 e. The van der Waals surface area contributed by atoms with Crippen molar-refractivity contribution in [3.05, 3.63) is 42.6 Å². The SMILES string of the molecule is CC(C)CC(C)(COc1ccc(-c2ncnc3c2ccn3C)cc1F)NC(=O)O. The largest absolute Gasteiger partial charge is 0.488 e. The molecule has 0 bridgehead atoms. The molecule has 154 valence electrons. The number of fused-ring (bicyclic) bond motifs is 1. The zero-order valence-corrected chi connectivity index (χ0v) is 16.9. The first kappa shape index (κ1) is 20.6. The summed E-state index contributed by atoms with van der Waals surface area (Å²) in [4.78, 5) is 19.7. The molecule has 1 amide bonds. The van der Waals surface area contributed by atoms with Gasteiger partial charge >= 0.3 is 6.09 Å². The summed E-state index contributed by atoms with van der Waals surface area (Å²) in [5.41, 5.74) is 1.19. The molecule has 1 unspecified atom stereocenters. The molecule has 2 aromatic heterocycles. The number of halogens is 1. The van der Waals surface area contributed by atoms with Gasteiger partial charge in [0, 0.05) is 24.2 Å². The van der Waals surface area contributed by atoms with Crippen LogP contribution in [0.4, 0.5) is 9.18 Å². The molecular formula is C21H25FN4O3. The second kappa shape index (κ2) is 8.06. The molecule has 0 spiro atoms. The molecule has 0 radical (unpaired) electrons. The first-order valence-electron chi connectivity index (χ1n) is 9.38. The van der Waals surface area contributed by atoms with E-state index in [1.54, 1.807) is 13.0 Å². The molecule has 7 nitrogen and oxygen atoms in total. The maximum Gasteiger partial charge on any atom is 0.405 e. The summed E-state index contributed by atoms with van der Waals surface area (Å²) in [6.07, 6.45) is 2.76. The van der Waals surface area contributed by atoms with Gasteiger partial charge in [0.05, 0.1) is 11.2 Å². The normalized spacial score (nSPS) is 13.4. The van der Waals surface area contributed by atoms with Crippen LogP contribution in [0.3, 0.4) is 0 Å². The van der Waals surface area contributed by atoms with E-state index >= 15 is 0 Å². The number of hydrogen-bond donors (Lipinski definition) is 2. The third-order valence-electron chi connectivity index (χ3n) is 4.68. The van der Waals surface area contributed by atoms with E-state index in [1.807, 2.05) is 37.7 Å². The van der Waals surface area contributed by atoms with Crippen LogP contribution in [0.5, 0.6) is 5.75 Å². The molecule has 29 heavy (non-hydrogen) atoms. The van der Waals surface area contributed by atoms with Gasteiger partial charge in [0.2, 0.25) is 0 Å². The third-order valence-corrected chi connectivity index (χ3v) is 4.68. The van der Waals surface area contributed by atoms with Crippen molar-refractivity contribution in [3.8, 4) is 17.0 Å². The van der Waals surface area contributed by atoms with Crippen LogP contribution in [0.25, 0.3) is 22.3 Å². The third kappa shape index (κ3) is 4.64. The van der Waals surface area contributed by atoms with E-state index in [-0.39, 0.29) is 18.3 Å². The number of benzene rings is 1. The average molecular weight is 400 g/mol. The number of ether oxygens (including phenoxy) is 1. The highest BCUT2D eigenvalue weighted by Gasteiger charge is 2.29. The number of nitrogens with zero attached hydrogens (tertiary/aromatic N) is 3. The fourth-order valence-corrected chi connectivity index (χ4v) is 3.62. The van der Waals surface area contributed by atoms with Crippen LogP contribution in [0.15, 0.2) is 36.8 Å². The van der Waals surface area contributed by atoms with Crippen molar-refractivity contribution in [2.24, 2.45) is 13.0 Å². The summed E-state index contributed by atoms with van der Waals surface area (Å²) in [6.45, 7) is 5.75. The predicted octanol–water partition coefficient (Wildman–Crippen LogP) is 4.23. The highest BCUT2D eigenvalue weighted by atomic mass is 19.1. The minimum Gasteiger partial charge on any atom is -0.488 e. The molecule has 1 aromatic carbocycles. The number of nitrogens with one attached hydrogen (secondary N) is 1. The number of aromatic nitrogens is 3. The first-order chi connectivity index (χ1) is 13.7. The van der Waals surface area contributed by atoms with E-state index in [1.165, 1.54) is 18.5 Å². The minimum atomic E-state index is -1.14. The fourth-order valence-electron chi connectivity index (χ4n) is 3.62. The molecule has 0 fully saturated rings. The lowest BCUT2D eigenvalue weighted by atomic mass is 9.91. The van der Waals surface area contributed by atoms with Crippen molar-refractivity contribution in [1.29, 1.82) is 0 Å². The van der Waals surface area contributed by atoms with Crippen LogP contribution in [-0.4, -0.2) is 37.9 Å². The van der Waals surface area contributed by atoms with Crippen LogP contribution in [0.1, 0.15) is 27.2 Å². The Labute approximate surface area is 168 Å². The Kier molecular flexibility index (Phi) is 5.72. The fraction of sp³-hybridized carbons (Fsp3) is 0.381. The second-order valence-corrected chi connectivity index (χ2v) is 7.91. The maximum absolute atomic E-state index is 14.7. The molecule has 1 atom stereocenters. The summed E-state index contributed by atoms with van der Waals surface area (Å²) >= 11 is 0. The standard InChI is InChI=1S/C21H25FN4O3/c1-13(2)10-21(3,25-20(27)28)11-29-17-6-5-14(9-16(17)22)18-15-7-8-26(4)19(15)24-12-23-18/h5-9,12-13,25H,10-11H2,1-4H3,(H,27,28). The Morgan fingerprint density at radius 2 is 2.10 bits per heavy atom. The molecule has 0 saturated carbocycles. The van der Waals surface area contributed by atoms with Crippen LogP contribution < -0.4 is 10.1 Å². The highest BCUT2D eigenvalue weighted by Crippen LogP contribution is 2.30. The van der Waals surface area contributed by atoms with E-state index in [0.717, 1.165) is 11.0 Å². The Morgan fingerprint density at radius 1 is 1.34 bits per heavy atom. The van der Waals surface area contributed by atoms with Crippen LogP contribution >= 0.6 is 0 Å². The van der Waals surface area contributed by atoms with E-state index in [9.17, 15) is 9.18 Å². The van der Waals surface area contributed by atoms with Gasteiger partial charge in [-0.1, -0.05) is 13.8 Å². The van der Waals surface area contributed by atoms with E-state index in [4.69, 9.17) is 9.84 Å². The van der Waals surface area contributed by atoms with E-state index in [2.05, 4.69) is 15.3 Å². The molecule has 3 rings (SSSR count). The quantitative estimate of drug-likeness (QED) is 0.620. The molecule has 8 heteroatoms. The van der Waals surface area contributed by atoms with Gasteiger partial charge in [-0.15, -0.1) is 0 Å². The van der Waals surface area contributed by atoms with Gasteiger partial charge in [-0.05, 0) is 43.5 Å². The van der Waals surface area contributed by atoms with Gasteiger partial charge in [-0.2, -0.15) is 0 Å². The van der Waals surface area contributed by atoms with Crippen LogP contribution in [0, 0.1) is 11.7 Å². The second-order valence-electron chi connectivity index (χ2n) is 7.91. The molecule has 3 aromatic rings. The number of amides is 1. The van der Waals surface area contributed by atoms with Crippen molar-refractivity contribution in [1.82, 2.24) is 19.9 Å². The Bertz CT molecular complexity index is 1030. The van der Waals surface area contributed by atoms with Gasteiger partial charge in [-0.25, -0.2) is 19.2 Å². The van der Waals surface area contributed by atoms with Crippen LogP contribution in [-0.2, 0) is 7.05 Å². The zero-order valence-electron chi connectivity index (χ0n) is 16.9. The van der Waals surface area contributed by atoms with Crippen molar-refractivity contribution < 1.29 is 19.0 Å². The Hall–Kier alpha value is -3.16. The lowest BCUT2D eigenvalue weighted by Gasteiger charge is -2.31. The molecule has 0 aliphatic heterocycles. The van der Waals surface area contributed by atoms with E-state index in [0.29, 0.717) is 17.7 Å². The van der Waals surface area contributed by atoms with Crippen molar-refractivity contribution in [2.45, 2.75) is 32.7 Å². The summed E-state index contributed by atoms with van der Waals surface area (Å²) in [6, 6.07) is 6.53. The van der Waals surface area contributed by atoms with Crippen molar-refractivity contribution in [3.63, 3.8) is 0 Å². The number of aryl methyl sites for hydroxylation is 1. The van der Waals surface area contributed by atoms with Crippen molar-refractivity contribution >= 4 is 17.1 Å². The summed E-state index contributed by atoms with van der Waals surface area (Å²) in [5.74, 6) is -0.226. The Morgan fingerprint density at radius 3 is 2.76 bits per heavy atom. The topological polar surface area (TPSA) is 89.3 Å². The van der Waals surface area contributed by atoms with Crippen molar-refractivity contribution in [2.75, 3.05) is 6.61 Å². The average Bonchev–Trinajstić information content (AvgIpc) is 3.00. The summed E-state index contributed by atoms with van der Waals surface area (Å²) < 4.78 is 22.3. The van der Waals surface area contributed by atoms with E-state index < -0.39 is 17.4 Å². The number of carboxylic acid groups (broad SMARTS) is 1. The molecule has 2 heterocycles. The number of hydrogen-bond acceptors (Lipinski definition) is 4.